The van der Waals surface area contributed by atoms with Crippen molar-refractivity contribution in [2.24, 2.45) is 5.73 Å². The van der Waals surface area contributed by atoms with E-state index in [2.05, 4.69) is 6.07 Å². The highest BCUT2D eigenvalue weighted by atomic mass is 32.2. The lowest BCUT2D eigenvalue weighted by molar-refractivity contribution is 0.591. The average molecular weight is 238 g/mol. The van der Waals surface area contributed by atoms with Gasteiger partial charge in [-0.3, -0.25) is 0 Å². The molecule has 0 aromatic heterocycles. The molecule has 0 amide bonds. The van der Waals surface area contributed by atoms with E-state index < -0.39 is 0 Å². The minimum Gasteiger partial charge on any atom is -0.325 e. The molecular formula is C12H15FN2S. The van der Waals surface area contributed by atoms with Crippen LogP contribution in [-0.4, -0.2) is 11.3 Å². The fraction of sp³-hybridized carbons (Fsp3) is 0.417. The van der Waals surface area contributed by atoms with Crippen LogP contribution in [-0.2, 0) is 5.75 Å². The van der Waals surface area contributed by atoms with Crippen molar-refractivity contribution in [3.63, 3.8) is 0 Å². The Bertz CT molecular complexity index is 404. The molecule has 0 unspecified atom stereocenters. The van der Waals surface area contributed by atoms with Crippen molar-refractivity contribution in [2.45, 2.75) is 25.1 Å². The second kappa shape index (κ2) is 5.33. The fourth-order valence-corrected chi connectivity index (χ4v) is 2.30. The predicted octanol–water partition coefficient (Wildman–Crippen LogP) is 2.67. The number of halogens is 1. The first-order valence-electron chi connectivity index (χ1n) is 4.97. The smallest absolute Gasteiger partial charge is 0.123 e. The maximum atomic E-state index is 13.0. The summed E-state index contributed by atoms with van der Waals surface area (Å²) in [6.45, 7) is 3.88. The molecule has 0 bridgehead atoms. The Morgan fingerprint density at radius 3 is 2.75 bits per heavy atom. The van der Waals surface area contributed by atoms with E-state index in [1.54, 1.807) is 11.8 Å². The highest BCUT2D eigenvalue weighted by molar-refractivity contribution is 7.98. The van der Waals surface area contributed by atoms with Crippen molar-refractivity contribution in [2.75, 3.05) is 5.75 Å². The third-order valence-corrected chi connectivity index (χ3v) is 3.38. The van der Waals surface area contributed by atoms with Crippen LogP contribution in [0, 0.1) is 17.1 Å². The molecule has 0 aliphatic heterocycles. The summed E-state index contributed by atoms with van der Waals surface area (Å²) in [5.41, 5.74) is 6.86. The first kappa shape index (κ1) is 13.0. The van der Waals surface area contributed by atoms with Gasteiger partial charge in [0.25, 0.3) is 0 Å². The van der Waals surface area contributed by atoms with Crippen molar-refractivity contribution in [3.8, 4) is 6.07 Å². The number of thioether (sulfide) groups is 1. The fourth-order valence-electron chi connectivity index (χ4n) is 1.21. The summed E-state index contributed by atoms with van der Waals surface area (Å²) in [6.07, 6.45) is 0. The minimum absolute atomic E-state index is 0.245. The predicted molar refractivity (Wildman–Crippen MR) is 65.5 cm³/mol. The van der Waals surface area contributed by atoms with Gasteiger partial charge in [0, 0.05) is 17.0 Å². The molecule has 0 saturated heterocycles. The molecule has 0 spiro atoms. The Hall–Kier alpha value is -1.05. The molecule has 2 N–H and O–H groups in total. The summed E-state index contributed by atoms with van der Waals surface area (Å²) >= 11 is 1.61. The van der Waals surface area contributed by atoms with Crippen LogP contribution >= 0.6 is 11.8 Å². The van der Waals surface area contributed by atoms with Gasteiger partial charge in [-0.15, -0.1) is 0 Å². The molecule has 0 saturated carbocycles. The van der Waals surface area contributed by atoms with E-state index in [0.29, 0.717) is 11.3 Å². The topological polar surface area (TPSA) is 49.8 Å². The number of nitriles is 1. The minimum atomic E-state index is -0.304. The third-order valence-electron chi connectivity index (χ3n) is 1.92. The summed E-state index contributed by atoms with van der Waals surface area (Å²) in [5.74, 6) is 1.08. The Morgan fingerprint density at radius 1 is 1.50 bits per heavy atom. The van der Waals surface area contributed by atoms with Crippen LogP contribution in [0.1, 0.15) is 25.0 Å². The molecule has 86 valence electrons. The number of nitrogens with zero attached hydrogens (tertiary/aromatic N) is 1. The molecule has 2 nitrogen and oxygen atoms in total. The lowest BCUT2D eigenvalue weighted by Crippen LogP contribution is -2.34. The standard InChI is InChI=1S/C12H15FN2S/c1-12(2,15)8-16-7-10-5-11(13)4-3-9(10)6-14/h3-5H,7-8,15H2,1-2H3. The van der Waals surface area contributed by atoms with Crippen molar-refractivity contribution < 1.29 is 4.39 Å². The zero-order valence-electron chi connectivity index (χ0n) is 9.46. The summed E-state index contributed by atoms with van der Waals surface area (Å²) in [7, 11) is 0. The number of rotatable bonds is 4. The van der Waals surface area contributed by atoms with Crippen molar-refractivity contribution in [1.82, 2.24) is 0 Å². The van der Waals surface area contributed by atoms with Gasteiger partial charge in [-0.05, 0) is 37.6 Å². The number of nitrogens with two attached hydrogens (primary N) is 1. The molecule has 16 heavy (non-hydrogen) atoms. The zero-order valence-corrected chi connectivity index (χ0v) is 10.3. The zero-order chi connectivity index (χ0) is 12.2. The van der Waals surface area contributed by atoms with Gasteiger partial charge in [-0.25, -0.2) is 4.39 Å². The van der Waals surface area contributed by atoms with Crippen molar-refractivity contribution >= 4 is 11.8 Å². The first-order chi connectivity index (χ1) is 7.42. The van der Waals surface area contributed by atoms with E-state index in [-0.39, 0.29) is 11.4 Å². The normalized spacial score (nSPS) is 11.2. The molecule has 0 aliphatic rings. The molecule has 1 aromatic carbocycles. The second-order valence-electron chi connectivity index (χ2n) is 4.39. The van der Waals surface area contributed by atoms with E-state index in [0.717, 1.165) is 11.3 Å². The summed E-state index contributed by atoms with van der Waals surface area (Å²) in [5, 5.41) is 8.86. The lowest BCUT2D eigenvalue weighted by Gasteiger charge is -2.17. The van der Waals surface area contributed by atoms with Crippen molar-refractivity contribution in [3.05, 3.63) is 35.1 Å². The van der Waals surface area contributed by atoms with Gasteiger partial charge >= 0.3 is 0 Å². The van der Waals surface area contributed by atoms with Crippen LogP contribution in [0.15, 0.2) is 18.2 Å². The molecule has 0 radical (unpaired) electrons. The van der Waals surface area contributed by atoms with Crippen LogP contribution in [0.25, 0.3) is 0 Å². The third kappa shape index (κ3) is 4.21. The quantitative estimate of drug-likeness (QED) is 0.877. The van der Waals surface area contributed by atoms with Crippen LogP contribution in [0.2, 0.25) is 0 Å². The Labute approximate surface area is 99.6 Å². The van der Waals surface area contributed by atoms with Gasteiger partial charge in [0.2, 0.25) is 0 Å². The van der Waals surface area contributed by atoms with Crippen LogP contribution in [0.5, 0.6) is 0 Å². The lowest BCUT2D eigenvalue weighted by atomic mass is 10.1. The Balaban J connectivity index is 2.67. The molecular weight excluding hydrogens is 223 g/mol. The van der Waals surface area contributed by atoms with E-state index in [4.69, 9.17) is 11.0 Å². The second-order valence-corrected chi connectivity index (χ2v) is 5.38. The summed E-state index contributed by atoms with van der Waals surface area (Å²) in [4.78, 5) is 0. The maximum Gasteiger partial charge on any atom is 0.123 e. The average Bonchev–Trinajstić information content (AvgIpc) is 2.16. The van der Waals surface area contributed by atoms with E-state index in [1.165, 1.54) is 18.2 Å². The van der Waals surface area contributed by atoms with Gasteiger partial charge < -0.3 is 5.73 Å². The van der Waals surface area contributed by atoms with E-state index in [9.17, 15) is 4.39 Å². The van der Waals surface area contributed by atoms with Gasteiger partial charge in [0.1, 0.15) is 5.82 Å². The van der Waals surface area contributed by atoms with Gasteiger partial charge in [0.15, 0.2) is 0 Å². The van der Waals surface area contributed by atoms with Gasteiger partial charge in [-0.2, -0.15) is 17.0 Å². The van der Waals surface area contributed by atoms with E-state index >= 15 is 0 Å². The number of benzene rings is 1. The molecule has 0 fully saturated rings. The molecule has 1 aromatic rings. The van der Waals surface area contributed by atoms with Gasteiger partial charge in [0.05, 0.1) is 11.6 Å². The highest BCUT2D eigenvalue weighted by Gasteiger charge is 2.11. The molecule has 0 atom stereocenters. The molecule has 0 heterocycles. The van der Waals surface area contributed by atoms with Gasteiger partial charge in [-0.1, -0.05) is 0 Å². The van der Waals surface area contributed by atoms with E-state index in [1.807, 2.05) is 13.8 Å². The maximum absolute atomic E-state index is 13.0. The summed E-state index contributed by atoms with van der Waals surface area (Å²) < 4.78 is 13.0. The van der Waals surface area contributed by atoms with Crippen LogP contribution < -0.4 is 5.73 Å². The van der Waals surface area contributed by atoms with Crippen LogP contribution in [0.3, 0.4) is 0 Å². The highest BCUT2D eigenvalue weighted by Crippen LogP contribution is 2.20. The molecule has 4 heteroatoms. The van der Waals surface area contributed by atoms with Crippen LogP contribution in [0.4, 0.5) is 4.39 Å². The monoisotopic (exact) mass is 238 g/mol. The molecule has 1 rings (SSSR count). The number of hydrogen-bond acceptors (Lipinski definition) is 3. The Morgan fingerprint density at radius 2 is 2.19 bits per heavy atom. The summed E-state index contributed by atoms with van der Waals surface area (Å²) in [6, 6.07) is 6.29. The SMILES string of the molecule is CC(C)(N)CSCc1cc(F)ccc1C#N. The first-order valence-corrected chi connectivity index (χ1v) is 6.13. The van der Waals surface area contributed by atoms with Crippen molar-refractivity contribution in [1.29, 1.82) is 5.26 Å². The Kier molecular flexibility index (Phi) is 4.34. The largest absolute Gasteiger partial charge is 0.325 e. The molecule has 0 aliphatic carbocycles. The number of hydrogen-bond donors (Lipinski definition) is 1.